The summed E-state index contributed by atoms with van der Waals surface area (Å²) in [6.07, 6.45) is 5.57. The molecule has 2 aromatic carbocycles. The molecule has 1 fully saturated rings. The first-order valence-electron chi connectivity index (χ1n) is 11.9. The molecular formula is C27H36O5. The van der Waals surface area contributed by atoms with Gasteiger partial charge in [0.15, 0.2) is 0 Å². The van der Waals surface area contributed by atoms with E-state index in [2.05, 4.69) is 26.0 Å². The monoisotopic (exact) mass is 440 g/mol. The Bertz CT molecular complexity index is 820. The van der Waals surface area contributed by atoms with Crippen LogP contribution < -0.4 is 4.74 Å². The molecule has 0 atom stereocenters. The summed E-state index contributed by atoms with van der Waals surface area (Å²) in [5.74, 6) is 0.880. The van der Waals surface area contributed by atoms with Gasteiger partial charge in [-0.1, -0.05) is 63.1 Å². The summed E-state index contributed by atoms with van der Waals surface area (Å²) < 4.78 is 16.2. The molecule has 1 N–H and O–H groups in total. The molecule has 0 amide bonds. The second kappa shape index (κ2) is 11.9. The minimum atomic E-state index is -0.888. The lowest BCUT2D eigenvalue weighted by atomic mass is 9.78. The molecular weight excluding hydrogens is 404 g/mol. The number of hydrogen-bond donors (Lipinski definition) is 1. The molecule has 0 saturated heterocycles. The van der Waals surface area contributed by atoms with Crippen LogP contribution in [0.2, 0.25) is 0 Å². The first kappa shape index (κ1) is 24.1. The van der Waals surface area contributed by atoms with Gasteiger partial charge in [-0.25, -0.2) is 4.79 Å². The molecule has 0 aromatic heterocycles. The number of hydrogen-bond acceptors (Lipinski definition) is 5. The van der Waals surface area contributed by atoms with E-state index in [-0.39, 0.29) is 6.10 Å². The van der Waals surface area contributed by atoms with Gasteiger partial charge in [-0.05, 0) is 67.3 Å². The highest BCUT2D eigenvalue weighted by Crippen LogP contribution is 2.39. The number of carbonyl (C=O) groups is 1. The Morgan fingerprint density at radius 1 is 0.906 bits per heavy atom. The number of aliphatic hydroxyl groups is 1. The van der Waals surface area contributed by atoms with Crippen molar-refractivity contribution in [1.82, 2.24) is 0 Å². The number of ether oxygens (including phenoxy) is 3. The van der Waals surface area contributed by atoms with Gasteiger partial charge in [-0.3, -0.25) is 0 Å². The third-order valence-electron chi connectivity index (χ3n) is 6.07. The SMILES string of the molecule is CCCCCOC(=O)OC1CCC(O)(c2ccc(-c3ccc(OCCC)cc3)cc2)CC1. The van der Waals surface area contributed by atoms with Crippen LogP contribution in [0.25, 0.3) is 11.1 Å². The van der Waals surface area contributed by atoms with Crippen LogP contribution in [0.1, 0.15) is 70.8 Å². The van der Waals surface area contributed by atoms with Gasteiger partial charge < -0.3 is 19.3 Å². The Morgan fingerprint density at radius 2 is 1.53 bits per heavy atom. The molecule has 32 heavy (non-hydrogen) atoms. The second-order valence-electron chi connectivity index (χ2n) is 8.60. The van der Waals surface area contributed by atoms with Crippen LogP contribution in [-0.2, 0) is 15.1 Å². The third-order valence-corrected chi connectivity index (χ3v) is 6.07. The van der Waals surface area contributed by atoms with E-state index in [0.29, 0.717) is 32.3 Å². The van der Waals surface area contributed by atoms with Crippen molar-refractivity contribution in [3.05, 3.63) is 54.1 Å². The van der Waals surface area contributed by atoms with Gasteiger partial charge in [0.2, 0.25) is 0 Å². The molecule has 3 rings (SSSR count). The van der Waals surface area contributed by atoms with Gasteiger partial charge in [0, 0.05) is 0 Å². The fourth-order valence-electron chi connectivity index (χ4n) is 4.09. The topological polar surface area (TPSA) is 65.0 Å². The van der Waals surface area contributed by atoms with Crippen molar-refractivity contribution in [3.8, 4) is 16.9 Å². The maximum absolute atomic E-state index is 11.8. The smallest absolute Gasteiger partial charge is 0.494 e. The molecule has 5 heteroatoms. The van der Waals surface area contributed by atoms with Crippen LogP contribution >= 0.6 is 0 Å². The van der Waals surface area contributed by atoms with Gasteiger partial charge in [0.1, 0.15) is 11.9 Å². The molecule has 2 aromatic rings. The van der Waals surface area contributed by atoms with Gasteiger partial charge in [-0.15, -0.1) is 0 Å². The Labute approximate surface area is 191 Å². The van der Waals surface area contributed by atoms with Crippen LogP contribution in [0.15, 0.2) is 48.5 Å². The van der Waals surface area contributed by atoms with Gasteiger partial charge in [0.25, 0.3) is 0 Å². The quantitative estimate of drug-likeness (QED) is 0.332. The van der Waals surface area contributed by atoms with E-state index in [1.165, 1.54) is 0 Å². The molecule has 1 aliphatic carbocycles. The largest absolute Gasteiger partial charge is 0.508 e. The molecule has 0 heterocycles. The predicted molar refractivity (Wildman–Crippen MR) is 126 cm³/mol. The van der Waals surface area contributed by atoms with Crippen LogP contribution in [0.5, 0.6) is 5.75 Å². The summed E-state index contributed by atoms with van der Waals surface area (Å²) in [5, 5.41) is 11.2. The lowest BCUT2D eigenvalue weighted by Crippen LogP contribution is -2.35. The molecule has 0 radical (unpaired) electrons. The van der Waals surface area contributed by atoms with E-state index < -0.39 is 11.8 Å². The zero-order valence-electron chi connectivity index (χ0n) is 19.3. The molecule has 1 aliphatic rings. The Kier molecular flexibility index (Phi) is 8.98. The molecule has 174 valence electrons. The minimum absolute atomic E-state index is 0.193. The van der Waals surface area contributed by atoms with Crippen molar-refractivity contribution in [2.24, 2.45) is 0 Å². The van der Waals surface area contributed by atoms with E-state index in [9.17, 15) is 9.90 Å². The van der Waals surface area contributed by atoms with Crippen molar-refractivity contribution in [2.45, 2.75) is 76.9 Å². The molecule has 0 unspecified atom stereocenters. The minimum Gasteiger partial charge on any atom is -0.494 e. The van der Waals surface area contributed by atoms with E-state index in [4.69, 9.17) is 14.2 Å². The fraction of sp³-hybridized carbons (Fsp3) is 0.519. The zero-order chi connectivity index (χ0) is 22.8. The van der Waals surface area contributed by atoms with Gasteiger partial charge in [0.05, 0.1) is 18.8 Å². The van der Waals surface area contributed by atoms with Crippen molar-refractivity contribution in [2.75, 3.05) is 13.2 Å². The molecule has 1 saturated carbocycles. The average molecular weight is 441 g/mol. The maximum Gasteiger partial charge on any atom is 0.508 e. The highest BCUT2D eigenvalue weighted by molar-refractivity contribution is 5.64. The summed E-state index contributed by atoms with van der Waals surface area (Å²) in [7, 11) is 0. The van der Waals surface area contributed by atoms with Gasteiger partial charge >= 0.3 is 6.16 Å². The summed E-state index contributed by atoms with van der Waals surface area (Å²) in [4.78, 5) is 11.8. The number of unbranched alkanes of at least 4 members (excludes halogenated alkanes) is 2. The lowest BCUT2D eigenvalue weighted by molar-refractivity contribution is -0.0538. The fourth-order valence-corrected chi connectivity index (χ4v) is 4.09. The van der Waals surface area contributed by atoms with Crippen LogP contribution in [0.4, 0.5) is 4.79 Å². The highest BCUT2D eigenvalue weighted by Gasteiger charge is 2.36. The van der Waals surface area contributed by atoms with E-state index in [1.54, 1.807) is 0 Å². The first-order chi connectivity index (χ1) is 15.5. The maximum atomic E-state index is 11.8. The standard InChI is InChI=1S/C27H36O5/c1-3-5-6-20-31-26(28)32-25-15-17-27(29,18-16-25)23-11-7-21(8-12-23)22-9-13-24(14-10-22)30-19-4-2/h7-14,25,29H,3-6,15-20H2,1-2H3. The Hall–Kier alpha value is -2.53. The molecule has 0 bridgehead atoms. The van der Waals surface area contributed by atoms with Crippen LogP contribution in [-0.4, -0.2) is 30.6 Å². The van der Waals surface area contributed by atoms with E-state index in [1.807, 2.05) is 36.4 Å². The summed E-state index contributed by atoms with van der Waals surface area (Å²) >= 11 is 0. The average Bonchev–Trinajstić information content (AvgIpc) is 2.82. The summed E-state index contributed by atoms with van der Waals surface area (Å²) in [6.45, 7) is 5.33. The number of rotatable bonds is 10. The summed E-state index contributed by atoms with van der Waals surface area (Å²) in [6, 6.07) is 16.2. The Morgan fingerprint density at radius 3 is 2.12 bits per heavy atom. The third kappa shape index (κ3) is 6.73. The van der Waals surface area contributed by atoms with Crippen molar-refractivity contribution < 1.29 is 24.1 Å². The normalized spacial score (nSPS) is 20.5. The Balaban J connectivity index is 1.51. The molecule has 5 nitrogen and oxygen atoms in total. The van der Waals surface area contributed by atoms with E-state index in [0.717, 1.165) is 54.7 Å². The lowest BCUT2D eigenvalue weighted by Gasteiger charge is -2.36. The van der Waals surface area contributed by atoms with Crippen LogP contribution in [0, 0.1) is 0 Å². The first-order valence-corrected chi connectivity index (χ1v) is 11.9. The van der Waals surface area contributed by atoms with Crippen LogP contribution in [0.3, 0.4) is 0 Å². The highest BCUT2D eigenvalue weighted by atomic mass is 16.7. The number of benzene rings is 2. The van der Waals surface area contributed by atoms with Crippen molar-refractivity contribution >= 4 is 6.16 Å². The van der Waals surface area contributed by atoms with Crippen molar-refractivity contribution in [1.29, 1.82) is 0 Å². The molecule has 0 spiro atoms. The number of carbonyl (C=O) groups excluding carboxylic acids is 1. The van der Waals surface area contributed by atoms with E-state index >= 15 is 0 Å². The summed E-state index contributed by atoms with van der Waals surface area (Å²) in [5.41, 5.74) is 2.23. The van der Waals surface area contributed by atoms with Crippen molar-refractivity contribution in [3.63, 3.8) is 0 Å². The zero-order valence-corrected chi connectivity index (χ0v) is 19.3. The predicted octanol–water partition coefficient (Wildman–Crippen LogP) is 6.62. The molecule has 0 aliphatic heterocycles. The second-order valence-corrected chi connectivity index (χ2v) is 8.60. The van der Waals surface area contributed by atoms with Gasteiger partial charge in [-0.2, -0.15) is 0 Å².